The van der Waals surface area contributed by atoms with Gasteiger partial charge >= 0.3 is 0 Å². The highest BCUT2D eigenvalue weighted by Gasteiger charge is 2.19. The Labute approximate surface area is 169 Å². The summed E-state index contributed by atoms with van der Waals surface area (Å²) in [5, 5.41) is 18.3. The lowest BCUT2D eigenvalue weighted by Crippen LogP contribution is -2.42. The lowest BCUT2D eigenvalue weighted by atomic mass is 10.00. The van der Waals surface area contributed by atoms with Crippen LogP contribution in [-0.2, 0) is 24.8 Å². The fourth-order valence-electron chi connectivity index (χ4n) is 3.76. The first kappa shape index (κ1) is 19.4. The van der Waals surface area contributed by atoms with Crippen molar-refractivity contribution in [3.05, 3.63) is 59.8 Å². The van der Waals surface area contributed by atoms with Crippen molar-refractivity contribution >= 4 is 16.8 Å². The zero-order chi connectivity index (χ0) is 20.2. The number of aliphatic hydroxyl groups excluding tert-OH is 1. The van der Waals surface area contributed by atoms with E-state index in [1.54, 1.807) is 4.68 Å². The third kappa shape index (κ3) is 4.75. The molecular formula is C22H26N4O3. The van der Waals surface area contributed by atoms with Crippen LogP contribution in [0.3, 0.4) is 0 Å². The molecule has 2 N–H and O–H groups in total. The highest BCUT2D eigenvalue weighted by Crippen LogP contribution is 2.24. The number of hydrogen-bond donors (Lipinski definition) is 2. The standard InChI is InChI=1S/C22H26N4O3/c1-25-14-19-20(24-25)7-4-8-21(19)29-15-22(28)23-11-18(27)13-26-10-9-16-5-2-3-6-17(16)12-26/h2-8,14,18,27H,9-13,15H2,1H3,(H,23,28). The van der Waals surface area contributed by atoms with Gasteiger partial charge in [0.25, 0.3) is 5.91 Å². The van der Waals surface area contributed by atoms with Crippen LogP contribution >= 0.6 is 0 Å². The summed E-state index contributed by atoms with van der Waals surface area (Å²) < 4.78 is 7.37. The molecule has 2 heterocycles. The highest BCUT2D eigenvalue weighted by atomic mass is 16.5. The summed E-state index contributed by atoms with van der Waals surface area (Å²) in [4.78, 5) is 14.4. The molecule has 29 heavy (non-hydrogen) atoms. The first-order valence-electron chi connectivity index (χ1n) is 9.87. The molecule has 152 valence electrons. The summed E-state index contributed by atoms with van der Waals surface area (Å²) in [5.41, 5.74) is 3.52. The van der Waals surface area contributed by atoms with E-state index >= 15 is 0 Å². The van der Waals surface area contributed by atoms with Crippen LogP contribution in [0.4, 0.5) is 0 Å². The average Bonchev–Trinajstić information content (AvgIpc) is 3.11. The summed E-state index contributed by atoms with van der Waals surface area (Å²) in [6.07, 6.45) is 2.23. The molecule has 1 aromatic heterocycles. The quantitative estimate of drug-likeness (QED) is 0.635. The number of aliphatic hydroxyl groups is 1. The normalized spacial score (nSPS) is 15.1. The van der Waals surface area contributed by atoms with E-state index in [0.717, 1.165) is 30.4 Å². The van der Waals surface area contributed by atoms with Crippen molar-refractivity contribution in [1.29, 1.82) is 0 Å². The number of nitrogens with one attached hydrogen (secondary N) is 1. The van der Waals surface area contributed by atoms with Crippen LogP contribution in [0, 0.1) is 0 Å². The van der Waals surface area contributed by atoms with E-state index < -0.39 is 6.10 Å². The maximum Gasteiger partial charge on any atom is 0.258 e. The Kier molecular flexibility index (Phi) is 5.78. The van der Waals surface area contributed by atoms with Gasteiger partial charge in [0.05, 0.1) is 17.0 Å². The van der Waals surface area contributed by atoms with Gasteiger partial charge in [-0.25, -0.2) is 0 Å². The van der Waals surface area contributed by atoms with Gasteiger partial charge < -0.3 is 15.2 Å². The lowest BCUT2D eigenvalue weighted by molar-refractivity contribution is -0.123. The number of ether oxygens (including phenoxy) is 1. The van der Waals surface area contributed by atoms with Crippen molar-refractivity contribution in [1.82, 2.24) is 20.0 Å². The second-order valence-electron chi connectivity index (χ2n) is 7.49. The van der Waals surface area contributed by atoms with E-state index in [1.165, 1.54) is 11.1 Å². The van der Waals surface area contributed by atoms with E-state index in [2.05, 4.69) is 33.5 Å². The first-order chi connectivity index (χ1) is 14.1. The Morgan fingerprint density at radius 1 is 1.24 bits per heavy atom. The number of rotatable bonds is 7. The van der Waals surface area contributed by atoms with Gasteiger partial charge in [-0.1, -0.05) is 30.3 Å². The second kappa shape index (κ2) is 8.63. The minimum Gasteiger partial charge on any atom is -0.483 e. The van der Waals surface area contributed by atoms with E-state index in [9.17, 15) is 9.90 Å². The molecule has 0 aliphatic carbocycles. The Morgan fingerprint density at radius 2 is 2.07 bits per heavy atom. The van der Waals surface area contributed by atoms with Crippen LogP contribution < -0.4 is 10.1 Å². The molecule has 0 spiro atoms. The van der Waals surface area contributed by atoms with E-state index in [4.69, 9.17) is 4.74 Å². The van der Waals surface area contributed by atoms with Gasteiger partial charge in [-0.3, -0.25) is 14.4 Å². The van der Waals surface area contributed by atoms with E-state index in [-0.39, 0.29) is 19.1 Å². The van der Waals surface area contributed by atoms with Crippen LogP contribution in [0.1, 0.15) is 11.1 Å². The van der Waals surface area contributed by atoms with Gasteiger partial charge in [-0.2, -0.15) is 5.10 Å². The molecule has 1 aliphatic heterocycles. The third-order valence-corrected chi connectivity index (χ3v) is 5.20. The van der Waals surface area contributed by atoms with Gasteiger partial charge in [-0.05, 0) is 29.7 Å². The lowest BCUT2D eigenvalue weighted by Gasteiger charge is -2.30. The molecular weight excluding hydrogens is 368 g/mol. The van der Waals surface area contributed by atoms with Gasteiger partial charge in [0, 0.05) is 39.4 Å². The van der Waals surface area contributed by atoms with E-state index in [0.29, 0.717) is 12.3 Å². The number of fused-ring (bicyclic) bond motifs is 2. The van der Waals surface area contributed by atoms with Gasteiger partial charge in [0.2, 0.25) is 0 Å². The third-order valence-electron chi connectivity index (χ3n) is 5.20. The maximum atomic E-state index is 12.1. The fourth-order valence-corrected chi connectivity index (χ4v) is 3.76. The van der Waals surface area contributed by atoms with Crippen molar-refractivity contribution < 1.29 is 14.6 Å². The molecule has 0 saturated heterocycles. The molecule has 0 bridgehead atoms. The number of hydrogen-bond acceptors (Lipinski definition) is 5. The van der Waals surface area contributed by atoms with Crippen LogP contribution in [0.5, 0.6) is 5.75 Å². The molecule has 0 fully saturated rings. The zero-order valence-corrected chi connectivity index (χ0v) is 16.5. The van der Waals surface area contributed by atoms with E-state index in [1.807, 2.05) is 37.5 Å². The largest absolute Gasteiger partial charge is 0.483 e. The van der Waals surface area contributed by atoms with Crippen molar-refractivity contribution in [2.75, 3.05) is 26.2 Å². The maximum absolute atomic E-state index is 12.1. The van der Waals surface area contributed by atoms with Crippen molar-refractivity contribution in [2.24, 2.45) is 7.05 Å². The summed E-state index contributed by atoms with van der Waals surface area (Å²) >= 11 is 0. The molecule has 0 saturated carbocycles. The smallest absolute Gasteiger partial charge is 0.258 e. The molecule has 1 atom stereocenters. The highest BCUT2D eigenvalue weighted by molar-refractivity contribution is 5.85. The predicted molar refractivity (Wildman–Crippen MR) is 111 cm³/mol. The number of aromatic nitrogens is 2. The monoisotopic (exact) mass is 394 g/mol. The minimum atomic E-state index is -0.619. The average molecular weight is 394 g/mol. The molecule has 1 unspecified atom stereocenters. The number of carbonyl (C=O) groups excluding carboxylic acids is 1. The van der Waals surface area contributed by atoms with Crippen molar-refractivity contribution in [2.45, 2.75) is 19.1 Å². The number of benzene rings is 2. The SMILES string of the molecule is Cn1cc2c(OCC(=O)NCC(O)CN3CCc4ccccc4C3)cccc2n1. The molecule has 4 rings (SSSR count). The Bertz CT molecular complexity index is 1000. The van der Waals surface area contributed by atoms with Crippen molar-refractivity contribution in [3.63, 3.8) is 0 Å². The number of nitrogens with zero attached hydrogens (tertiary/aromatic N) is 3. The summed E-state index contributed by atoms with van der Waals surface area (Å²) in [7, 11) is 1.85. The van der Waals surface area contributed by atoms with Crippen LogP contribution in [-0.4, -0.2) is 58.0 Å². The predicted octanol–water partition coefficient (Wildman–Crippen LogP) is 1.49. The number of aryl methyl sites for hydroxylation is 1. The van der Waals surface area contributed by atoms with Gasteiger partial charge in [-0.15, -0.1) is 0 Å². The zero-order valence-electron chi connectivity index (χ0n) is 16.5. The number of carbonyl (C=O) groups is 1. The Morgan fingerprint density at radius 3 is 2.93 bits per heavy atom. The number of amides is 1. The Balaban J connectivity index is 1.22. The summed E-state index contributed by atoms with van der Waals surface area (Å²) in [5.74, 6) is 0.368. The Hall–Kier alpha value is -2.90. The molecule has 1 amide bonds. The second-order valence-corrected chi connectivity index (χ2v) is 7.49. The van der Waals surface area contributed by atoms with Crippen LogP contribution in [0.2, 0.25) is 0 Å². The van der Waals surface area contributed by atoms with Crippen LogP contribution in [0.15, 0.2) is 48.7 Å². The molecule has 0 radical (unpaired) electrons. The van der Waals surface area contributed by atoms with Gasteiger partial charge in [0.15, 0.2) is 6.61 Å². The van der Waals surface area contributed by atoms with Crippen LogP contribution in [0.25, 0.3) is 10.9 Å². The minimum absolute atomic E-state index is 0.0994. The molecule has 3 aromatic rings. The summed E-state index contributed by atoms with van der Waals surface area (Å²) in [6, 6.07) is 14.0. The molecule has 7 heteroatoms. The topological polar surface area (TPSA) is 79.6 Å². The molecule has 2 aromatic carbocycles. The van der Waals surface area contributed by atoms with Gasteiger partial charge in [0.1, 0.15) is 5.75 Å². The summed E-state index contributed by atoms with van der Waals surface area (Å²) in [6.45, 7) is 2.39. The fraction of sp³-hybridized carbons (Fsp3) is 0.364. The first-order valence-corrected chi connectivity index (χ1v) is 9.87. The van der Waals surface area contributed by atoms with Crippen molar-refractivity contribution in [3.8, 4) is 5.75 Å². The molecule has 7 nitrogen and oxygen atoms in total. The molecule has 1 aliphatic rings. The number of β-amino-alcohol motifs (C(OH)–C–C–N with tert-alkyl or cyclic N) is 1.